The molecule has 1 fully saturated rings. The lowest BCUT2D eigenvalue weighted by Crippen LogP contribution is -2.39. The molecule has 2 nitrogen and oxygen atoms in total. The summed E-state index contributed by atoms with van der Waals surface area (Å²) in [6.07, 6.45) is 8.53. The molecule has 0 aliphatic carbocycles. The van der Waals surface area contributed by atoms with Gasteiger partial charge in [-0.2, -0.15) is 0 Å². The number of benzene rings is 1. The summed E-state index contributed by atoms with van der Waals surface area (Å²) in [5.41, 5.74) is 1.41. The van der Waals surface area contributed by atoms with Crippen LogP contribution in [0.2, 0.25) is 0 Å². The van der Waals surface area contributed by atoms with E-state index in [1.54, 1.807) is 0 Å². The lowest BCUT2D eigenvalue weighted by molar-refractivity contribution is 0.273. The monoisotopic (exact) mass is 242 g/mol. The fourth-order valence-electron chi connectivity index (χ4n) is 2.54. The van der Waals surface area contributed by atoms with Crippen molar-refractivity contribution in [1.29, 1.82) is 0 Å². The standard InChI is InChI=1S/C16H22N2/c1-2-3-11-18-12-7-10-17-16(14-18)13-15-8-5-4-6-9-15/h1,4-6,8-9,16-17H,3,7,10-14H2. The summed E-state index contributed by atoms with van der Waals surface area (Å²) in [5, 5.41) is 3.64. The van der Waals surface area contributed by atoms with Gasteiger partial charge in [-0.15, -0.1) is 12.3 Å². The van der Waals surface area contributed by atoms with Crippen LogP contribution in [0, 0.1) is 12.3 Å². The number of nitrogens with one attached hydrogen (secondary N) is 1. The minimum absolute atomic E-state index is 0.549. The zero-order valence-corrected chi connectivity index (χ0v) is 10.9. The molecule has 0 spiro atoms. The summed E-state index contributed by atoms with van der Waals surface area (Å²) < 4.78 is 0. The summed E-state index contributed by atoms with van der Waals surface area (Å²) in [7, 11) is 0. The van der Waals surface area contributed by atoms with Crippen molar-refractivity contribution in [3.8, 4) is 12.3 Å². The first-order chi connectivity index (χ1) is 8.88. The Morgan fingerprint density at radius 3 is 2.94 bits per heavy atom. The molecule has 0 amide bonds. The highest BCUT2D eigenvalue weighted by Crippen LogP contribution is 2.08. The Bertz CT molecular complexity index is 380. The van der Waals surface area contributed by atoms with E-state index in [0.29, 0.717) is 6.04 Å². The molecule has 2 rings (SSSR count). The van der Waals surface area contributed by atoms with Crippen molar-refractivity contribution in [3.63, 3.8) is 0 Å². The van der Waals surface area contributed by atoms with Gasteiger partial charge in [0.2, 0.25) is 0 Å². The van der Waals surface area contributed by atoms with Crippen LogP contribution in [0.1, 0.15) is 18.4 Å². The second-order valence-electron chi connectivity index (χ2n) is 4.95. The van der Waals surface area contributed by atoms with Crippen molar-refractivity contribution in [2.24, 2.45) is 0 Å². The third kappa shape index (κ3) is 4.18. The van der Waals surface area contributed by atoms with Crippen molar-refractivity contribution in [2.45, 2.75) is 25.3 Å². The highest BCUT2D eigenvalue weighted by Gasteiger charge is 2.17. The van der Waals surface area contributed by atoms with Gasteiger partial charge in [0, 0.05) is 25.6 Å². The van der Waals surface area contributed by atoms with Gasteiger partial charge in [-0.05, 0) is 31.5 Å². The second kappa shape index (κ2) is 7.20. The predicted octanol–water partition coefficient (Wildman–Crippen LogP) is 1.92. The topological polar surface area (TPSA) is 15.3 Å². The third-order valence-corrected chi connectivity index (χ3v) is 3.46. The number of hydrogen-bond donors (Lipinski definition) is 1. The minimum Gasteiger partial charge on any atom is -0.312 e. The van der Waals surface area contributed by atoms with E-state index in [4.69, 9.17) is 6.42 Å². The van der Waals surface area contributed by atoms with Crippen LogP contribution in [0.3, 0.4) is 0 Å². The molecule has 1 heterocycles. The zero-order chi connectivity index (χ0) is 12.6. The van der Waals surface area contributed by atoms with Crippen molar-refractivity contribution < 1.29 is 0 Å². The Hall–Kier alpha value is -1.30. The highest BCUT2D eigenvalue weighted by atomic mass is 15.2. The van der Waals surface area contributed by atoms with Gasteiger partial charge >= 0.3 is 0 Å². The van der Waals surface area contributed by atoms with Gasteiger partial charge in [-0.3, -0.25) is 0 Å². The Labute approximate surface area is 110 Å². The molecule has 1 aromatic carbocycles. The number of hydrogen-bond acceptors (Lipinski definition) is 2. The quantitative estimate of drug-likeness (QED) is 0.812. The first kappa shape index (κ1) is 13.1. The summed E-state index contributed by atoms with van der Waals surface area (Å²) in [5.74, 6) is 2.74. The van der Waals surface area contributed by atoms with Crippen LogP contribution in [-0.4, -0.2) is 37.1 Å². The van der Waals surface area contributed by atoms with E-state index in [1.807, 2.05) is 0 Å². The van der Waals surface area contributed by atoms with Crippen LogP contribution in [0.5, 0.6) is 0 Å². The Balaban J connectivity index is 1.89. The molecule has 96 valence electrons. The van der Waals surface area contributed by atoms with Gasteiger partial charge in [-0.1, -0.05) is 30.3 Å². The molecular formula is C16H22N2. The highest BCUT2D eigenvalue weighted by molar-refractivity contribution is 5.16. The molecule has 0 radical (unpaired) electrons. The molecule has 1 aliphatic rings. The molecule has 1 saturated heterocycles. The average Bonchev–Trinajstić information content (AvgIpc) is 2.63. The Morgan fingerprint density at radius 1 is 1.33 bits per heavy atom. The maximum absolute atomic E-state index is 5.35. The number of nitrogens with zero attached hydrogens (tertiary/aromatic N) is 1. The van der Waals surface area contributed by atoms with Crippen LogP contribution in [0.25, 0.3) is 0 Å². The molecule has 1 aliphatic heterocycles. The lowest BCUT2D eigenvalue weighted by atomic mass is 10.1. The Kier molecular flexibility index (Phi) is 5.26. The van der Waals surface area contributed by atoms with Crippen LogP contribution >= 0.6 is 0 Å². The molecule has 18 heavy (non-hydrogen) atoms. The molecule has 0 saturated carbocycles. The molecule has 1 aromatic rings. The second-order valence-corrected chi connectivity index (χ2v) is 4.95. The summed E-state index contributed by atoms with van der Waals surface area (Å²) in [4.78, 5) is 2.49. The van der Waals surface area contributed by atoms with Crippen LogP contribution < -0.4 is 5.32 Å². The Morgan fingerprint density at radius 2 is 2.17 bits per heavy atom. The van der Waals surface area contributed by atoms with Gasteiger partial charge in [0.05, 0.1) is 0 Å². The van der Waals surface area contributed by atoms with E-state index in [1.165, 1.54) is 18.5 Å². The molecular weight excluding hydrogens is 220 g/mol. The smallest absolute Gasteiger partial charge is 0.0235 e. The largest absolute Gasteiger partial charge is 0.312 e. The van der Waals surface area contributed by atoms with E-state index in [2.05, 4.69) is 46.5 Å². The zero-order valence-electron chi connectivity index (χ0n) is 10.9. The van der Waals surface area contributed by atoms with Crippen molar-refractivity contribution in [1.82, 2.24) is 10.2 Å². The van der Waals surface area contributed by atoms with Crippen LogP contribution in [0.15, 0.2) is 30.3 Å². The number of terminal acetylenes is 1. The average molecular weight is 242 g/mol. The normalized spacial score (nSPS) is 21.2. The van der Waals surface area contributed by atoms with E-state index in [9.17, 15) is 0 Å². The third-order valence-electron chi connectivity index (χ3n) is 3.46. The lowest BCUT2D eigenvalue weighted by Gasteiger charge is -2.23. The molecule has 2 heteroatoms. The summed E-state index contributed by atoms with van der Waals surface area (Å²) >= 11 is 0. The van der Waals surface area contributed by atoms with Crippen LogP contribution in [0.4, 0.5) is 0 Å². The minimum atomic E-state index is 0.549. The van der Waals surface area contributed by atoms with Gasteiger partial charge in [0.25, 0.3) is 0 Å². The molecule has 1 N–H and O–H groups in total. The van der Waals surface area contributed by atoms with Gasteiger partial charge in [0.15, 0.2) is 0 Å². The van der Waals surface area contributed by atoms with E-state index >= 15 is 0 Å². The summed E-state index contributed by atoms with van der Waals surface area (Å²) in [6.45, 7) is 4.42. The van der Waals surface area contributed by atoms with Gasteiger partial charge < -0.3 is 10.2 Å². The van der Waals surface area contributed by atoms with E-state index in [0.717, 1.165) is 32.5 Å². The van der Waals surface area contributed by atoms with Crippen molar-refractivity contribution in [3.05, 3.63) is 35.9 Å². The fourth-order valence-corrected chi connectivity index (χ4v) is 2.54. The number of rotatable bonds is 4. The first-order valence-corrected chi connectivity index (χ1v) is 6.81. The van der Waals surface area contributed by atoms with Gasteiger partial charge in [0.1, 0.15) is 0 Å². The van der Waals surface area contributed by atoms with E-state index in [-0.39, 0.29) is 0 Å². The first-order valence-electron chi connectivity index (χ1n) is 6.81. The maximum Gasteiger partial charge on any atom is 0.0235 e. The van der Waals surface area contributed by atoms with Crippen molar-refractivity contribution >= 4 is 0 Å². The van der Waals surface area contributed by atoms with Crippen molar-refractivity contribution in [2.75, 3.05) is 26.2 Å². The van der Waals surface area contributed by atoms with Gasteiger partial charge in [-0.25, -0.2) is 0 Å². The summed E-state index contributed by atoms with van der Waals surface area (Å²) in [6, 6.07) is 11.3. The van der Waals surface area contributed by atoms with E-state index < -0.39 is 0 Å². The molecule has 1 unspecified atom stereocenters. The van der Waals surface area contributed by atoms with Crippen LogP contribution in [-0.2, 0) is 6.42 Å². The SMILES string of the molecule is C#CCCN1CCCNC(Cc2ccccc2)C1. The predicted molar refractivity (Wildman–Crippen MR) is 76.4 cm³/mol. The maximum atomic E-state index is 5.35. The molecule has 0 bridgehead atoms. The molecule has 1 atom stereocenters. The fraction of sp³-hybridized carbons (Fsp3) is 0.500. The molecule has 0 aromatic heterocycles.